The van der Waals surface area contributed by atoms with Gasteiger partial charge in [0.1, 0.15) is 0 Å². The standard InChI is InChI=1S/C11H24O6/c1-8(15-3)10(17-9(2)16-4)11(5-12,6-13)7-14/h8-10,12-14H,5-7H2,1-4H3. The van der Waals surface area contributed by atoms with Crippen LogP contribution in [0.25, 0.3) is 0 Å². The maximum atomic E-state index is 9.38. The van der Waals surface area contributed by atoms with Crippen molar-refractivity contribution in [2.45, 2.75) is 32.3 Å². The highest BCUT2D eigenvalue weighted by Crippen LogP contribution is 2.28. The zero-order chi connectivity index (χ0) is 13.5. The largest absolute Gasteiger partial charge is 0.396 e. The van der Waals surface area contributed by atoms with Crippen LogP contribution < -0.4 is 0 Å². The second-order valence-electron chi connectivity index (χ2n) is 4.14. The molecule has 0 amide bonds. The molecule has 0 aromatic rings. The topological polar surface area (TPSA) is 88.4 Å². The molecule has 6 heteroatoms. The van der Waals surface area contributed by atoms with Gasteiger partial charge in [-0.3, -0.25) is 0 Å². The first kappa shape index (κ1) is 16.8. The maximum Gasteiger partial charge on any atom is 0.154 e. The zero-order valence-corrected chi connectivity index (χ0v) is 10.9. The Hall–Kier alpha value is -0.240. The lowest BCUT2D eigenvalue weighted by molar-refractivity contribution is -0.227. The molecule has 104 valence electrons. The number of methoxy groups -OCH3 is 2. The summed E-state index contributed by atoms with van der Waals surface area (Å²) in [7, 11) is 2.98. The highest BCUT2D eigenvalue weighted by Gasteiger charge is 2.43. The van der Waals surface area contributed by atoms with E-state index in [-0.39, 0.29) is 0 Å². The van der Waals surface area contributed by atoms with E-state index >= 15 is 0 Å². The Morgan fingerprint density at radius 1 is 0.941 bits per heavy atom. The predicted molar refractivity (Wildman–Crippen MR) is 61.5 cm³/mol. The van der Waals surface area contributed by atoms with E-state index in [0.717, 1.165) is 0 Å². The minimum Gasteiger partial charge on any atom is -0.396 e. The molecule has 0 aromatic heterocycles. The van der Waals surface area contributed by atoms with Gasteiger partial charge in [-0.05, 0) is 13.8 Å². The van der Waals surface area contributed by atoms with Crippen molar-refractivity contribution in [3.8, 4) is 0 Å². The molecule has 0 heterocycles. The highest BCUT2D eigenvalue weighted by molar-refractivity contribution is 4.90. The van der Waals surface area contributed by atoms with Crippen molar-refractivity contribution in [2.24, 2.45) is 5.41 Å². The molecular weight excluding hydrogens is 228 g/mol. The van der Waals surface area contributed by atoms with E-state index in [1.807, 2.05) is 0 Å². The molecule has 0 bridgehead atoms. The number of hydrogen-bond donors (Lipinski definition) is 3. The van der Waals surface area contributed by atoms with Crippen molar-refractivity contribution in [1.29, 1.82) is 0 Å². The van der Waals surface area contributed by atoms with Crippen LogP contribution >= 0.6 is 0 Å². The number of aliphatic hydroxyl groups is 3. The molecule has 17 heavy (non-hydrogen) atoms. The van der Waals surface area contributed by atoms with Gasteiger partial charge in [-0.2, -0.15) is 0 Å². The van der Waals surface area contributed by atoms with Crippen LogP contribution in [0.15, 0.2) is 0 Å². The summed E-state index contributed by atoms with van der Waals surface area (Å²) in [5, 5.41) is 28.1. The first-order chi connectivity index (χ1) is 8.01. The summed E-state index contributed by atoms with van der Waals surface area (Å²) >= 11 is 0. The fourth-order valence-electron chi connectivity index (χ4n) is 1.56. The Balaban J connectivity index is 4.98. The van der Waals surface area contributed by atoms with Crippen LogP contribution in [0.2, 0.25) is 0 Å². The van der Waals surface area contributed by atoms with Crippen molar-refractivity contribution in [3.05, 3.63) is 0 Å². The summed E-state index contributed by atoms with van der Waals surface area (Å²) in [4.78, 5) is 0. The molecule has 0 radical (unpaired) electrons. The van der Waals surface area contributed by atoms with E-state index in [4.69, 9.17) is 14.2 Å². The average Bonchev–Trinajstić information content (AvgIpc) is 2.38. The number of aliphatic hydroxyl groups excluding tert-OH is 3. The Morgan fingerprint density at radius 3 is 1.71 bits per heavy atom. The van der Waals surface area contributed by atoms with Crippen LogP contribution in [0.4, 0.5) is 0 Å². The molecule has 0 saturated heterocycles. The fraction of sp³-hybridized carbons (Fsp3) is 1.00. The fourth-order valence-corrected chi connectivity index (χ4v) is 1.56. The Bertz CT molecular complexity index is 186. The third-order valence-corrected chi connectivity index (χ3v) is 3.02. The molecule has 3 atom stereocenters. The molecule has 6 nitrogen and oxygen atoms in total. The minimum atomic E-state index is -1.16. The van der Waals surface area contributed by atoms with E-state index in [1.165, 1.54) is 14.2 Å². The number of hydrogen-bond acceptors (Lipinski definition) is 6. The van der Waals surface area contributed by atoms with Gasteiger partial charge in [-0.25, -0.2) is 0 Å². The quantitative estimate of drug-likeness (QED) is 0.473. The van der Waals surface area contributed by atoms with Crippen LogP contribution in [0, 0.1) is 5.41 Å². The van der Waals surface area contributed by atoms with Gasteiger partial charge in [0.15, 0.2) is 6.29 Å². The molecule has 0 fully saturated rings. The van der Waals surface area contributed by atoms with E-state index in [0.29, 0.717) is 0 Å². The van der Waals surface area contributed by atoms with Gasteiger partial charge in [-0.1, -0.05) is 0 Å². The predicted octanol–water partition coefficient (Wildman–Crippen LogP) is -0.638. The van der Waals surface area contributed by atoms with Crippen LogP contribution in [0.3, 0.4) is 0 Å². The van der Waals surface area contributed by atoms with Crippen molar-refractivity contribution < 1.29 is 29.5 Å². The summed E-state index contributed by atoms with van der Waals surface area (Å²) in [6, 6.07) is 0. The van der Waals surface area contributed by atoms with Gasteiger partial charge >= 0.3 is 0 Å². The average molecular weight is 252 g/mol. The first-order valence-corrected chi connectivity index (χ1v) is 5.55. The highest BCUT2D eigenvalue weighted by atomic mass is 16.7. The first-order valence-electron chi connectivity index (χ1n) is 5.55. The van der Waals surface area contributed by atoms with Crippen molar-refractivity contribution in [1.82, 2.24) is 0 Å². The van der Waals surface area contributed by atoms with E-state index in [2.05, 4.69) is 0 Å². The molecule has 0 rings (SSSR count). The minimum absolute atomic E-state index is 0.404. The van der Waals surface area contributed by atoms with Gasteiger partial charge in [0.2, 0.25) is 0 Å². The smallest absolute Gasteiger partial charge is 0.154 e. The molecule has 0 aromatic carbocycles. The Morgan fingerprint density at radius 2 is 1.41 bits per heavy atom. The summed E-state index contributed by atoms with van der Waals surface area (Å²) in [6.45, 7) is 2.20. The molecule has 0 aliphatic heterocycles. The van der Waals surface area contributed by atoms with Crippen molar-refractivity contribution in [2.75, 3.05) is 34.0 Å². The van der Waals surface area contributed by atoms with Crippen LogP contribution in [0.1, 0.15) is 13.8 Å². The number of rotatable bonds is 9. The third kappa shape index (κ3) is 4.17. The molecule has 0 saturated carbocycles. The Kier molecular flexibility index (Phi) is 7.85. The monoisotopic (exact) mass is 252 g/mol. The summed E-state index contributed by atoms with van der Waals surface area (Å²) in [5.41, 5.74) is -1.16. The summed E-state index contributed by atoms with van der Waals surface area (Å²) in [5.74, 6) is 0. The normalized spacial score (nSPS) is 17.8. The van der Waals surface area contributed by atoms with Crippen LogP contribution in [-0.4, -0.2) is 67.9 Å². The maximum absolute atomic E-state index is 9.38. The van der Waals surface area contributed by atoms with E-state index in [9.17, 15) is 15.3 Å². The molecule has 0 spiro atoms. The van der Waals surface area contributed by atoms with E-state index in [1.54, 1.807) is 13.8 Å². The lowest BCUT2D eigenvalue weighted by Gasteiger charge is -2.39. The molecule has 0 aliphatic carbocycles. The van der Waals surface area contributed by atoms with Crippen molar-refractivity contribution in [3.63, 3.8) is 0 Å². The molecule has 3 unspecified atom stereocenters. The molecule has 0 aliphatic rings. The Labute approximate surface area is 102 Å². The lowest BCUT2D eigenvalue weighted by atomic mass is 9.81. The second kappa shape index (κ2) is 7.97. The van der Waals surface area contributed by atoms with Crippen LogP contribution in [-0.2, 0) is 14.2 Å². The van der Waals surface area contributed by atoms with E-state index < -0.39 is 43.7 Å². The van der Waals surface area contributed by atoms with Gasteiger partial charge in [0.05, 0.1) is 37.4 Å². The molecular formula is C11H24O6. The SMILES string of the molecule is COC(C)OC(C(C)OC)C(CO)(CO)CO. The molecule has 3 N–H and O–H groups in total. The van der Waals surface area contributed by atoms with Gasteiger partial charge in [-0.15, -0.1) is 0 Å². The van der Waals surface area contributed by atoms with Gasteiger partial charge in [0, 0.05) is 14.2 Å². The van der Waals surface area contributed by atoms with Crippen LogP contribution in [0.5, 0.6) is 0 Å². The zero-order valence-electron chi connectivity index (χ0n) is 10.9. The van der Waals surface area contributed by atoms with Gasteiger partial charge in [0.25, 0.3) is 0 Å². The second-order valence-corrected chi connectivity index (χ2v) is 4.14. The van der Waals surface area contributed by atoms with Gasteiger partial charge < -0.3 is 29.5 Å². The summed E-state index contributed by atoms with van der Waals surface area (Å²) < 4.78 is 15.7. The third-order valence-electron chi connectivity index (χ3n) is 3.02. The van der Waals surface area contributed by atoms with Crippen molar-refractivity contribution >= 4 is 0 Å². The summed E-state index contributed by atoms with van der Waals surface area (Å²) in [6.07, 6.45) is -1.61. The number of ether oxygens (including phenoxy) is 3. The lowest BCUT2D eigenvalue weighted by Crippen LogP contribution is -2.53.